The molecule has 2 heteroatoms. The van der Waals surface area contributed by atoms with E-state index in [0.29, 0.717) is 0 Å². The number of unbranched alkanes of at least 4 members (excludes halogenated alkanes) is 2. The average molecular weight is 299 g/mol. The molecule has 2 rings (SSSR count). The van der Waals surface area contributed by atoms with E-state index in [4.69, 9.17) is 0 Å². The molecule has 0 heterocycles. The van der Waals surface area contributed by atoms with Gasteiger partial charge in [-0.15, -0.1) is 11.8 Å². The Labute approximate surface area is 133 Å². The largest absolute Gasteiger partial charge is 0.358 e. The van der Waals surface area contributed by atoms with E-state index in [1.54, 1.807) is 0 Å². The molecule has 112 valence electrons. The molecule has 0 aliphatic carbocycles. The molecule has 0 N–H and O–H groups in total. The third kappa shape index (κ3) is 5.84. The predicted octanol–water partition coefficient (Wildman–Crippen LogP) is 5.57. The van der Waals surface area contributed by atoms with Gasteiger partial charge in [0.05, 0.1) is 5.88 Å². The highest BCUT2D eigenvalue weighted by Gasteiger charge is 2.06. The molecule has 2 aromatic carbocycles. The van der Waals surface area contributed by atoms with Crippen LogP contribution in [-0.4, -0.2) is 11.6 Å². The van der Waals surface area contributed by atoms with Crippen LogP contribution in [0.4, 0.5) is 5.69 Å². The van der Waals surface area contributed by atoms with E-state index in [1.807, 2.05) is 11.8 Å². The maximum absolute atomic E-state index is 2.46. The van der Waals surface area contributed by atoms with Gasteiger partial charge in [0.15, 0.2) is 0 Å². The number of para-hydroxylation sites is 1. The molecule has 1 nitrogen and oxygen atoms in total. The Kier molecular flexibility index (Phi) is 7.23. The minimum atomic E-state index is 0.978. The van der Waals surface area contributed by atoms with E-state index >= 15 is 0 Å². The van der Waals surface area contributed by atoms with Crippen LogP contribution < -0.4 is 4.90 Å². The number of rotatable bonds is 9. The Bertz CT molecular complexity index is 483. The van der Waals surface area contributed by atoms with Crippen molar-refractivity contribution in [3.63, 3.8) is 0 Å². The zero-order valence-electron chi connectivity index (χ0n) is 12.9. The molecular formula is C19H25NS. The maximum atomic E-state index is 2.46. The molecule has 21 heavy (non-hydrogen) atoms. The van der Waals surface area contributed by atoms with Crippen molar-refractivity contribution >= 4 is 17.4 Å². The van der Waals surface area contributed by atoms with Crippen molar-refractivity contribution in [2.75, 3.05) is 16.5 Å². The van der Waals surface area contributed by atoms with Crippen molar-refractivity contribution in [1.29, 1.82) is 0 Å². The number of nitrogens with zero attached hydrogens (tertiary/aromatic N) is 1. The molecule has 2 aromatic rings. The van der Waals surface area contributed by atoms with Crippen LogP contribution >= 0.6 is 11.8 Å². The first-order valence-corrected chi connectivity index (χ1v) is 8.97. The Balaban J connectivity index is 1.94. The van der Waals surface area contributed by atoms with Crippen molar-refractivity contribution in [1.82, 2.24) is 0 Å². The summed E-state index contributed by atoms with van der Waals surface area (Å²) in [4.78, 5) is 2.46. The normalized spacial score (nSPS) is 10.5. The molecule has 0 atom stereocenters. The van der Waals surface area contributed by atoms with Gasteiger partial charge in [-0.3, -0.25) is 0 Å². The fourth-order valence-corrected chi connectivity index (χ4v) is 3.28. The third-order valence-electron chi connectivity index (χ3n) is 3.48. The molecule has 0 fully saturated rings. The lowest BCUT2D eigenvalue weighted by Crippen LogP contribution is -2.22. The molecule has 0 bridgehead atoms. The smallest absolute Gasteiger partial charge is 0.0643 e. The fraction of sp³-hybridized carbons (Fsp3) is 0.368. The Morgan fingerprint density at radius 2 is 1.52 bits per heavy atom. The van der Waals surface area contributed by atoms with Gasteiger partial charge >= 0.3 is 0 Å². The molecule has 0 spiro atoms. The quantitative estimate of drug-likeness (QED) is 0.439. The molecule has 0 aliphatic heterocycles. The van der Waals surface area contributed by atoms with Gasteiger partial charge in [0.25, 0.3) is 0 Å². The van der Waals surface area contributed by atoms with Crippen LogP contribution in [-0.2, 0) is 6.54 Å². The Morgan fingerprint density at radius 1 is 0.857 bits per heavy atom. The molecule has 0 aliphatic rings. The van der Waals surface area contributed by atoms with E-state index in [-0.39, 0.29) is 0 Å². The number of thioether (sulfide) groups is 1. The number of anilines is 1. The van der Waals surface area contributed by atoms with Crippen LogP contribution in [0.25, 0.3) is 0 Å². The Morgan fingerprint density at radius 3 is 2.19 bits per heavy atom. The van der Waals surface area contributed by atoms with Crippen molar-refractivity contribution in [2.24, 2.45) is 0 Å². The van der Waals surface area contributed by atoms with E-state index in [1.165, 1.54) is 36.3 Å². The maximum Gasteiger partial charge on any atom is 0.0643 e. The summed E-state index contributed by atoms with van der Waals surface area (Å²) in [5.41, 5.74) is 2.68. The van der Waals surface area contributed by atoms with Crippen molar-refractivity contribution < 1.29 is 0 Å². The van der Waals surface area contributed by atoms with Crippen LogP contribution in [0.5, 0.6) is 0 Å². The van der Waals surface area contributed by atoms with Crippen LogP contribution in [0.1, 0.15) is 31.7 Å². The van der Waals surface area contributed by atoms with E-state index in [9.17, 15) is 0 Å². The third-order valence-corrected chi connectivity index (χ3v) is 4.55. The van der Waals surface area contributed by atoms with Crippen LogP contribution in [0.15, 0.2) is 60.7 Å². The zero-order valence-corrected chi connectivity index (χ0v) is 13.7. The highest BCUT2D eigenvalue weighted by atomic mass is 32.2. The second-order valence-corrected chi connectivity index (χ2v) is 6.34. The van der Waals surface area contributed by atoms with Crippen LogP contribution in [0.2, 0.25) is 0 Å². The highest BCUT2D eigenvalue weighted by Crippen LogP contribution is 2.20. The molecule has 0 saturated carbocycles. The van der Waals surface area contributed by atoms with E-state index in [2.05, 4.69) is 72.5 Å². The van der Waals surface area contributed by atoms with Crippen molar-refractivity contribution in [2.45, 2.75) is 32.7 Å². The summed E-state index contributed by atoms with van der Waals surface area (Å²) in [6.07, 6.45) is 3.97. The lowest BCUT2D eigenvalue weighted by molar-refractivity contribution is 0.777. The molecule has 0 amide bonds. The summed E-state index contributed by atoms with van der Waals surface area (Å²) in [5.74, 6) is 2.31. The number of hydrogen-bond donors (Lipinski definition) is 0. The summed E-state index contributed by atoms with van der Waals surface area (Å²) < 4.78 is 0. The predicted molar refractivity (Wildman–Crippen MR) is 95.9 cm³/mol. The van der Waals surface area contributed by atoms with Gasteiger partial charge in [-0.1, -0.05) is 68.3 Å². The van der Waals surface area contributed by atoms with Crippen molar-refractivity contribution in [3.05, 3.63) is 66.2 Å². The lowest BCUT2D eigenvalue weighted by atomic mass is 10.2. The SMILES string of the molecule is CCCCCSCN(Cc1ccccc1)c1ccccc1. The fourth-order valence-electron chi connectivity index (χ4n) is 2.28. The monoisotopic (exact) mass is 299 g/mol. The minimum Gasteiger partial charge on any atom is -0.358 e. The number of benzene rings is 2. The van der Waals surface area contributed by atoms with Gasteiger partial charge in [0.1, 0.15) is 0 Å². The summed E-state index contributed by atoms with van der Waals surface area (Å²) in [7, 11) is 0. The molecule has 0 aromatic heterocycles. The second-order valence-electron chi connectivity index (χ2n) is 5.26. The molecule has 0 saturated heterocycles. The van der Waals surface area contributed by atoms with Gasteiger partial charge in [-0.2, -0.15) is 0 Å². The van der Waals surface area contributed by atoms with Gasteiger partial charge < -0.3 is 4.90 Å². The highest BCUT2D eigenvalue weighted by molar-refractivity contribution is 7.99. The standard InChI is InChI=1S/C19H25NS/c1-2-3-10-15-21-17-20(19-13-8-5-9-14-19)16-18-11-6-4-7-12-18/h4-9,11-14H,2-3,10,15-17H2,1H3. The lowest BCUT2D eigenvalue weighted by Gasteiger charge is -2.24. The minimum absolute atomic E-state index is 0.978. The topological polar surface area (TPSA) is 3.24 Å². The molecule has 0 unspecified atom stereocenters. The van der Waals surface area contributed by atoms with E-state index < -0.39 is 0 Å². The van der Waals surface area contributed by atoms with Crippen molar-refractivity contribution in [3.8, 4) is 0 Å². The number of hydrogen-bond acceptors (Lipinski definition) is 2. The first-order valence-electron chi connectivity index (χ1n) is 7.82. The van der Waals surface area contributed by atoms with Crippen LogP contribution in [0, 0.1) is 0 Å². The average Bonchev–Trinajstić information content (AvgIpc) is 2.55. The van der Waals surface area contributed by atoms with Gasteiger partial charge in [0, 0.05) is 12.2 Å². The molecule has 0 radical (unpaired) electrons. The second kappa shape index (κ2) is 9.51. The zero-order chi connectivity index (χ0) is 14.8. The molecular weight excluding hydrogens is 274 g/mol. The summed E-state index contributed by atoms with van der Waals surface area (Å²) in [6.45, 7) is 3.24. The van der Waals surface area contributed by atoms with Gasteiger partial charge in [0.2, 0.25) is 0 Å². The first kappa shape index (κ1) is 16.0. The Hall–Kier alpha value is -1.41. The van der Waals surface area contributed by atoms with Gasteiger partial charge in [-0.05, 0) is 29.9 Å². The first-order chi connectivity index (χ1) is 10.4. The van der Waals surface area contributed by atoms with E-state index in [0.717, 1.165) is 12.4 Å². The summed E-state index contributed by atoms with van der Waals surface area (Å²) >= 11 is 2.04. The van der Waals surface area contributed by atoms with Gasteiger partial charge in [-0.25, -0.2) is 0 Å². The summed E-state index contributed by atoms with van der Waals surface area (Å²) in [6, 6.07) is 21.5. The summed E-state index contributed by atoms with van der Waals surface area (Å²) in [5, 5.41) is 0. The van der Waals surface area contributed by atoms with Crippen LogP contribution in [0.3, 0.4) is 0 Å².